The number of nitrogens with zero attached hydrogens (tertiary/aromatic N) is 3. The standard InChI is InChI=1S/C27H31N3O3/c31-27(33-20-23-19-29(16-17-32-23)18-21-10-4-1-5-11-21)25-24-14-8-3-9-15-30(24)26(28-25)22-12-6-2-7-13-22/h1-2,4-7,10-13,23H,3,8-9,14-20H2. The van der Waals surface area contributed by atoms with Crippen LogP contribution < -0.4 is 0 Å². The number of morpholine rings is 1. The first-order valence-corrected chi connectivity index (χ1v) is 12.0. The highest BCUT2D eigenvalue weighted by atomic mass is 16.6. The normalized spacial score (nSPS) is 19.0. The van der Waals surface area contributed by atoms with Crippen LogP contribution in [0.1, 0.15) is 41.0 Å². The molecular formula is C27H31N3O3. The minimum atomic E-state index is -0.341. The first-order valence-electron chi connectivity index (χ1n) is 12.0. The molecule has 1 aromatic heterocycles. The maximum Gasteiger partial charge on any atom is 0.358 e. The fraction of sp³-hybridized carbons (Fsp3) is 0.407. The van der Waals surface area contributed by atoms with Gasteiger partial charge in [0.25, 0.3) is 0 Å². The Morgan fingerprint density at radius 3 is 2.61 bits per heavy atom. The number of benzene rings is 2. The van der Waals surface area contributed by atoms with E-state index in [0.717, 1.165) is 68.9 Å². The molecule has 1 fully saturated rings. The van der Waals surface area contributed by atoms with Gasteiger partial charge in [0.1, 0.15) is 18.5 Å². The summed E-state index contributed by atoms with van der Waals surface area (Å²) in [4.78, 5) is 20.3. The van der Waals surface area contributed by atoms with E-state index in [1.165, 1.54) is 5.56 Å². The third-order valence-corrected chi connectivity index (χ3v) is 6.47. The Morgan fingerprint density at radius 1 is 1.00 bits per heavy atom. The summed E-state index contributed by atoms with van der Waals surface area (Å²) in [6, 6.07) is 20.5. The molecule has 2 aliphatic rings. The molecule has 0 N–H and O–H groups in total. The maximum absolute atomic E-state index is 13.1. The van der Waals surface area contributed by atoms with Crippen LogP contribution in [0.2, 0.25) is 0 Å². The Hall–Kier alpha value is -2.96. The van der Waals surface area contributed by atoms with Crippen molar-refractivity contribution < 1.29 is 14.3 Å². The lowest BCUT2D eigenvalue weighted by atomic mass is 10.1. The van der Waals surface area contributed by atoms with Gasteiger partial charge in [-0.15, -0.1) is 0 Å². The molecule has 6 heteroatoms. The van der Waals surface area contributed by atoms with E-state index in [-0.39, 0.29) is 18.7 Å². The van der Waals surface area contributed by atoms with Gasteiger partial charge in [-0.05, 0) is 24.8 Å². The second-order valence-electron chi connectivity index (χ2n) is 8.87. The van der Waals surface area contributed by atoms with Crippen molar-refractivity contribution in [2.24, 2.45) is 0 Å². The Labute approximate surface area is 195 Å². The number of esters is 1. The molecule has 1 unspecified atom stereocenters. The second-order valence-corrected chi connectivity index (χ2v) is 8.87. The maximum atomic E-state index is 13.1. The zero-order valence-corrected chi connectivity index (χ0v) is 19.0. The van der Waals surface area contributed by atoms with E-state index in [1.807, 2.05) is 36.4 Å². The number of ether oxygens (including phenoxy) is 2. The van der Waals surface area contributed by atoms with Crippen molar-refractivity contribution in [3.05, 3.63) is 77.6 Å². The van der Waals surface area contributed by atoms with E-state index in [1.54, 1.807) is 0 Å². The Kier molecular flexibility index (Phi) is 6.84. The average molecular weight is 446 g/mol. The highest BCUT2D eigenvalue weighted by Crippen LogP contribution is 2.27. The summed E-state index contributed by atoms with van der Waals surface area (Å²) in [5, 5.41) is 0. The number of hydrogen-bond acceptors (Lipinski definition) is 5. The molecule has 3 aromatic rings. The van der Waals surface area contributed by atoms with Crippen molar-refractivity contribution >= 4 is 5.97 Å². The van der Waals surface area contributed by atoms with Crippen molar-refractivity contribution in [1.29, 1.82) is 0 Å². The largest absolute Gasteiger partial charge is 0.458 e. The van der Waals surface area contributed by atoms with E-state index in [4.69, 9.17) is 14.5 Å². The van der Waals surface area contributed by atoms with Gasteiger partial charge in [-0.2, -0.15) is 0 Å². The summed E-state index contributed by atoms with van der Waals surface area (Å²) >= 11 is 0. The van der Waals surface area contributed by atoms with Gasteiger partial charge in [-0.1, -0.05) is 67.1 Å². The van der Waals surface area contributed by atoms with Gasteiger partial charge < -0.3 is 14.0 Å². The van der Waals surface area contributed by atoms with Crippen molar-refractivity contribution in [2.45, 2.75) is 44.9 Å². The quantitative estimate of drug-likeness (QED) is 0.529. The molecule has 1 atom stereocenters. The van der Waals surface area contributed by atoms with Gasteiger partial charge in [0.2, 0.25) is 0 Å². The van der Waals surface area contributed by atoms with Crippen LogP contribution in [0.15, 0.2) is 60.7 Å². The van der Waals surface area contributed by atoms with Crippen LogP contribution >= 0.6 is 0 Å². The third-order valence-electron chi connectivity index (χ3n) is 6.47. The Balaban J connectivity index is 1.26. The summed E-state index contributed by atoms with van der Waals surface area (Å²) in [5.74, 6) is 0.522. The molecule has 0 spiro atoms. The van der Waals surface area contributed by atoms with E-state index < -0.39 is 0 Å². The number of rotatable bonds is 6. The number of hydrogen-bond donors (Lipinski definition) is 0. The lowest BCUT2D eigenvalue weighted by Crippen LogP contribution is -2.44. The average Bonchev–Trinajstić information content (AvgIpc) is 3.05. The zero-order valence-electron chi connectivity index (χ0n) is 19.0. The monoisotopic (exact) mass is 445 g/mol. The predicted octanol–water partition coefficient (Wildman–Crippen LogP) is 4.33. The highest BCUT2D eigenvalue weighted by molar-refractivity contribution is 5.89. The minimum Gasteiger partial charge on any atom is -0.458 e. The van der Waals surface area contributed by atoms with E-state index >= 15 is 0 Å². The summed E-state index contributed by atoms with van der Waals surface area (Å²) in [7, 11) is 0. The van der Waals surface area contributed by atoms with Crippen LogP contribution in [0.4, 0.5) is 0 Å². The topological polar surface area (TPSA) is 56.6 Å². The summed E-state index contributed by atoms with van der Waals surface area (Å²) in [6.45, 7) is 4.29. The molecule has 5 rings (SSSR count). The zero-order chi connectivity index (χ0) is 22.5. The van der Waals surface area contributed by atoms with Crippen LogP contribution in [0.25, 0.3) is 11.4 Å². The summed E-state index contributed by atoms with van der Waals surface area (Å²) < 4.78 is 13.9. The molecule has 6 nitrogen and oxygen atoms in total. The smallest absolute Gasteiger partial charge is 0.358 e. The third kappa shape index (κ3) is 5.18. The fourth-order valence-electron chi connectivity index (χ4n) is 4.79. The number of carbonyl (C=O) groups is 1. The first-order chi connectivity index (χ1) is 16.3. The van der Waals surface area contributed by atoms with Gasteiger partial charge in [-0.25, -0.2) is 9.78 Å². The molecule has 0 aliphatic carbocycles. The molecule has 172 valence electrons. The summed E-state index contributed by atoms with van der Waals surface area (Å²) in [6.07, 6.45) is 4.07. The predicted molar refractivity (Wildman–Crippen MR) is 127 cm³/mol. The molecule has 0 amide bonds. The van der Waals surface area contributed by atoms with E-state index in [9.17, 15) is 4.79 Å². The molecule has 0 bridgehead atoms. The van der Waals surface area contributed by atoms with Crippen molar-refractivity contribution in [1.82, 2.24) is 14.5 Å². The molecule has 0 saturated carbocycles. The molecule has 0 radical (unpaired) electrons. The van der Waals surface area contributed by atoms with Crippen LogP contribution in [0.3, 0.4) is 0 Å². The number of fused-ring (bicyclic) bond motifs is 1. The van der Waals surface area contributed by atoms with Crippen LogP contribution in [0.5, 0.6) is 0 Å². The van der Waals surface area contributed by atoms with Gasteiger partial charge in [0.15, 0.2) is 5.69 Å². The summed E-state index contributed by atoms with van der Waals surface area (Å²) in [5.41, 5.74) is 3.79. The first kappa shape index (κ1) is 21.9. The van der Waals surface area contributed by atoms with Crippen LogP contribution in [0, 0.1) is 0 Å². The van der Waals surface area contributed by atoms with Crippen molar-refractivity contribution in [2.75, 3.05) is 26.3 Å². The number of imidazole rings is 1. The lowest BCUT2D eigenvalue weighted by Gasteiger charge is -2.32. The fourth-order valence-corrected chi connectivity index (χ4v) is 4.79. The molecule has 2 aliphatic heterocycles. The minimum absolute atomic E-state index is 0.124. The highest BCUT2D eigenvalue weighted by Gasteiger charge is 2.27. The molecule has 2 aromatic carbocycles. The molecule has 3 heterocycles. The molecule has 33 heavy (non-hydrogen) atoms. The molecular weight excluding hydrogens is 414 g/mol. The van der Waals surface area contributed by atoms with Crippen LogP contribution in [-0.4, -0.2) is 52.8 Å². The van der Waals surface area contributed by atoms with E-state index in [0.29, 0.717) is 12.3 Å². The molecule has 1 saturated heterocycles. The Bertz CT molecular complexity index is 1060. The van der Waals surface area contributed by atoms with Gasteiger partial charge >= 0.3 is 5.97 Å². The Morgan fingerprint density at radius 2 is 1.79 bits per heavy atom. The van der Waals surface area contributed by atoms with Gasteiger partial charge in [-0.3, -0.25) is 4.90 Å². The SMILES string of the molecule is O=C(OCC1CN(Cc2ccccc2)CCO1)c1nc(-c2ccccc2)n2c1CCCCC2. The van der Waals surface area contributed by atoms with Crippen LogP contribution in [-0.2, 0) is 29.0 Å². The van der Waals surface area contributed by atoms with Gasteiger partial charge in [0, 0.05) is 31.7 Å². The second kappa shape index (κ2) is 10.3. The van der Waals surface area contributed by atoms with Crippen molar-refractivity contribution in [3.63, 3.8) is 0 Å². The van der Waals surface area contributed by atoms with Crippen molar-refractivity contribution in [3.8, 4) is 11.4 Å². The number of aromatic nitrogens is 2. The number of carbonyl (C=O) groups excluding carboxylic acids is 1. The van der Waals surface area contributed by atoms with E-state index in [2.05, 4.69) is 33.7 Å². The lowest BCUT2D eigenvalue weighted by molar-refractivity contribution is -0.0613. The van der Waals surface area contributed by atoms with Gasteiger partial charge in [0.05, 0.1) is 12.3 Å².